The molecule has 12 heavy (non-hydrogen) atoms. The molecule has 0 amide bonds. The van der Waals surface area contributed by atoms with Crippen LogP contribution in [0.2, 0.25) is 5.15 Å². The molecule has 0 saturated heterocycles. The lowest BCUT2D eigenvalue weighted by molar-refractivity contribution is 1.02. The summed E-state index contributed by atoms with van der Waals surface area (Å²) in [6.07, 6.45) is 2.41. The maximum atomic E-state index is 5.84. The summed E-state index contributed by atoms with van der Waals surface area (Å²) in [5.74, 6) is 0. The Morgan fingerprint density at radius 2 is 2.42 bits per heavy atom. The van der Waals surface area contributed by atoms with Crippen molar-refractivity contribution in [1.82, 2.24) is 4.98 Å². The molecule has 0 unspecified atom stereocenters. The molecule has 0 atom stereocenters. The SMILES string of the molecule is C=C(CCN)c1cccnc1Cl. The summed E-state index contributed by atoms with van der Waals surface area (Å²) in [5, 5.41) is 0.496. The summed E-state index contributed by atoms with van der Waals surface area (Å²) in [6, 6.07) is 3.73. The van der Waals surface area contributed by atoms with E-state index in [4.69, 9.17) is 17.3 Å². The molecule has 0 aromatic carbocycles. The number of hydrogen-bond acceptors (Lipinski definition) is 2. The van der Waals surface area contributed by atoms with Gasteiger partial charge in [0, 0.05) is 11.8 Å². The smallest absolute Gasteiger partial charge is 0.136 e. The van der Waals surface area contributed by atoms with E-state index in [1.807, 2.05) is 12.1 Å². The van der Waals surface area contributed by atoms with Gasteiger partial charge in [-0.1, -0.05) is 24.2 Å². The summed E-state index contributed by atoms with van der Waals surface area (Å²) in [6.45, 7) is 4.46. The second-order valence-electron chi connectivity index (χ2n) is 2.48. The first kappa shape index (κ1) is 9.23. The maximum Gasteiger partial charge on any atom is 0.136 e. The van der Waals surface area contributed by atoms with E-state index in [0.717, 1.165) is 17.6 Å². The van der Waals surface area contributed by atoms with Crippen LogP contribution >= 0.6 is 11.6 Å². The number of aromatic nitrogens is 1. The molecule has 1 aromatic rings. The van der Waals surface area contributed by atoms with Crippen molar-refractivity contribution in [2.45, 2.75) is 6.42 Å². The highest BCUT2D eigenvalue weighted by molar-refractivity contribution is 6.31. The van der Waals surface area contributed by atoms with Gasteiger partial charge in [0.1, 0.15) is 5.15 Å². The average Bonchev–Trinajstić information content (AvgIpc) is 2.05. The van der Waals surface area contributed by atoms with Gasteiger partial charge in [-0.05, 0) is 24.6 Å². The molecule has 0 aliphatic heterocycles. The van der Waals surface area contributed by atoms with Crippen LogP contribution < -0.4 is 5.73 Å². The molecule has 0 spiro atoms. The van der Waals surface area contributed by atoms with Crippen LogP contribution in [0.4, 0.5) is 0 Å². The van der Waals surface area contributed by atoms with Crippen molar-refractivity contribution >= 4 is 17.2 Å². The van der Waals surface area contributed by atoms with Gasteiger partial charge in [-0.3, -0.25) is 0 Å². The van der Waals surface area contributed by atoms with E-state index >= 15 is 0 Å². The Morgan fingerprint density at radius 3 is 3.00 bits per heavy atom. The van der Waals surface area contributed by atoms with Crippen molar-refractivity contribution in [3.63, 3.8) is 0 Å². The van der Waals surface area contributed by atoms with Gasteiger partial charge in [-0.2, -0.15) is 0 Å². The Bertz CT molecular complexity index is 284. The van der Waals surface area contributed by atoms with Gasteiger partial charge in [-0.15, -0.1) is 0 Å². The monoisotopic (exact) mass is 182 g/mol. The fraction of sp³-hybridized carbons (Fsp3) is 0.222. The first-order chi connectivity index (χ1) is 5.75. The molecular formula is C9H11ClN2. The zero-order valence-electron chi connectivity index (χ0n) is 6.76. The lowest BCUT2D eigenvalue weighted by atomic mass is 10.1. The Morgan fingerprint density at radius 1 is 1.67 bits per heavy atom. The van der Waals surface area contributed by atoms with Crippen LogP contribution in [0.25, 0.3) is 5.57 Å². The minimum Gasteiger partial charge on any atom is -0.330 e. The molecule has 2 nitrogen and oxygen atoms in total. The minimum atomic E-state index is 0.496. The highest BCUT2D eigenvalue weighted by Gasteiger charge is 2.02. The fourth-order valence-electron chi connectivity index (χ4n) is 0.959. The molecule has 0 saturated carbocycles. The molecular weight excluding hydrogens is 172 g/mol. The normalized spacial score (nSPS) is 9.83. The van der Waals surface area contributed by atoms with Crippen LogP contribution in [0.15, 0.2) is 24.9 Å². The molecule has 1 heterocycles. The third-order valence-corrected chi connectivity index (χ3v) is 1.89. The van der Waals surface area contributed by atoms with E-state index in [1.165, 1.54) is 0 Å². The van der Waals surface area contributed by atoms with Gasteiger partial charge in [0.2, 0.25) is 0 Å². The number of nitrogens with zero attached hydrogens (tertiary/aromatic N) is 1. The predicted octanol–water partition coefficient (Wildman–Crippen LogP) is 2.10. The number of pyridine rings is 1. The van der Waals surface area contributed by atoms with Crippen molar-refractivity contribution in [3.05, 3.63) is 35.6 Å². The highest BCUT2D eigenvalue weighted by atomic mass is 35.5. The zero-order chi connectivity index (χ0) is 8.97. The first-order valence-corrected chi connectivity index (χ1v) is 4.12. The largest absolute Gasteiger partial charge is 0.330 e. The Hall–Kier alpha value is -0.860. The molecule has 1 aromatic heterocycles. The summed E-state index contributed by atoms with van der Waals surface area (Å²) < 4.78 is 0. The quantitative estimate of drug-likeness (QED) is 0.728. The van der Waals surface area contributed by atoms with Gasteiger partial charge in [0.05, 0.1) is 0 Å². The van der Waals surface area contributed by atoms with Crippen LogP contribution in [-0.4, -0.2) is 11.5 Å². The topological polar surface area (TPSA) is 38.9 Å². The van der Waals surface area contributed by atoms with E-state index in [9.17, 15) is 0 Å². The van der Waals surface area contributed by atoms with Crippen molar-refractivity contribution in [2.75, 3.05) is 6.54 Å². The number of hydrogen-bond donors (Lipinski definition) is 1. The van der Waals surface area contributed by atoms with Crippen LogP contribution in [0.5, 0.6) is 0 Å². The van der Waals surface area contributed by atoms with Crippen molar-refractivity contribution in [2.24, 2.45) is 5.73 Å². The van der Waals surface area contributed by atoms with E-state index in [2.05, 4.69) is 11.6 Å². The third-order valence-electron chi connectivity index (χ3n) is 1.59. The minimum absolute atomic E-state index is 0.496. The van der Waals surface area contributed by atoms with E-state index in [1.54, 1.807) is 6.20 Å². The number of halogens is 1. The molecule has 2 N–H and O–H groups in total. The van der Waals surface area contributed by atoms with Gasteiger partial charge >= 0.3 is 0 Å². The van der Waals surface area contributed by atoms with Gasteiger partial charge in [0.15, 0.2) is 0 Å². The van der Waals surface area contributed by atoms with Crippen molar-refractivity contribution in [1.29, 1.82) is 0 Å². The van der Waals surface area contributed by atoms with E-state index in [0.29, 0.717) is 11.7 Å². The van der Waals surface area contributed by atoms with E-state index < -0.39 is 0 Å². The van der Waals surface area contributed by atoms with Gasteiger partial charge in [0.25, 0.3) is 0 Å². The van der Waals surface area contributed by atoms with Crippen LogP contribution in [0.3, 0.4) is 0 Å². The van der Waals surface area contributed by atoms with Gasteiger partial charge in [-0.25, -0.2) is 4.98 Å². The Labute approximate surface area is 77.1 Å². The lowest BCUT2D eigenvalue weighted by Gasteiger charge is -2.04. The van der Waals surface area contributed by atoms with Gasteiger partial charge < -0.3 is 5.73 Å². The summed E-state index contributed by atoms with van der Waals surface area (Å²) in [7, 11) is 0. The lowest BCUT2D eigenvalue weighted by Crippen LogP contribution is -1.99. The highest BCUT2D eigenvalue weighted by Crippen LogP contribution is 2.21. The third kappa shape index (κ3) is 2.06. The molecule has 0 radical (unpaired) electrons. The molecule has 0 bridgehead atoms. The fourth-order valence-corrected chi connectivity index (χ4v) is 1.21. The molecule has 1 rings (SSSR count). The molecule has 0 fully saturated rings. The first-order valence-electron chi connectivity index (χ1n) is 3.74. The predicted molar refractivity (Wildman–Crippen MR) is 52.0 cm³/mol. The number of rotatable bonds is 3. The standard InChI is InChI=1S/C9H11ClN2/c1-7(4-5-11)8-3-2-6-12-9(8)10/h2-3,6H,1,4-5,11H2. The Kier molecular flexibility index (Phi) is 3.26. The van der Waals surface area contributed by atoms with Crippen molar-refractivity contribution < 1.29 is 0 Å². The van der Waals surface area contributed by atoms with Crippen LogP contribution in [0, 0.1) is 0 Å². The van der Waals surface area contributed by atoms with Crippen LogP contribution in [-0.2, 0) is 0 Å². The average molecular weight is 183 g/mol. The summed E-state index contributed by atoms with van der Waals surface area (Å²) >= 11 is 5.84. The Balaban J connectivity index is 2.87. The maximum absolute atomic E-state index is 5.84. The van der Waals surface area contributed by atoms with E-state index in [-0.39, 0.29) is 0 Å². The molecule has 0 aliphatic carbocycles. The summed E-state index contributed by atoms with van der Waals surface area (Å²) in [5.41, 5.74) is 7.23. The molecule has 0 aliphatic rings. The van der Waals surface area contributed by atoms with Crippen LogP contribution in [0.1, 0.15) is 12.0 Å². The second kappa shape index (κ2) is 4.24. The zero-order valence-corrected chi connectivity index (χ0v) is 7.51. The molecule has 64 valence electrons. The van der Waals surface area contributed by atoms with Crippen molar-refractivity contribution in [3.8, 4) is 0 Å². The number of nitrogens with two attached hydrogens (primary N) is 1. The molecule has 3 heteroatoms. The second-order valence-corrected chi connectivity index (χ2v) is 2.84. The summed E-state index contributed by atoms with van der Waals surface area (Å²) in [4.78, 5) is 3.95.